The van der Waals surface area contributed by atoms with E-state index in [1.807, 2.05) is 0 Å². The normalized spacial score (nSPS) is 10.0. The van der Waals surface area contributed by atoms with E-state index in [-0.39, 0.29) is 9.95 Å². The van der Waals surface area contributed by atoms with Gasteiger partial charge in [0, 0.05) is 6.42 Å². The standard InChI is InChI=1S/C14H27ClO.FH/c1-2-3-4-5-6-7-8-9-10-11-12-13-14(15)16;/h2-13H2,1H3;1H. The van der Waals surface area contributed by atoms with Crippen molar-refractivity contribution in [3.63, 3.8) is 0 Å². The van der Waals surface area contributed by atoms with Gasteiger partial charge in [0.05, 0.1) is 0 Å². The van der Waals surface area contributed by atoms with Gasteiger partial charge in [-0.2, -0.15) is 0 Å². The van der Waals surface area contributed by atoms with Gasteiger partial charge in [-0.3, -0.25) is 9.50 Å². The summed E-state index contributed by atoms with van der Waals surface area (Å²) < 4.78 is 0. The van der Waals surface area contributed by atoms with E-state index in [1.165, 1.54) is 57.8 Å². The number of hydrogen-bond donors (Lipinski definition) is 0. The van der Waals surface area contributed by atoms with Gasteiger partial charge in [-0.25, -0.2) is 0 Å². The van der Waals surface area contributed by atoms with Gasteiger partial charge in [-0.05, 0) is 18.0 Å². The van der Waals surface area contributed by atoms with Crippen LogP contribution in [0.3, 0.4) is 0 Å². The Morgan fingerprint density at radius 1 is 0.765 bits per heavy atom. The molecule has 1 nitrogen and oxygen atoms in total. The Labute approximate surface area is 111 Å². The summed E-state index contributed by atoms with van der Waals surface area (Å²) in [6.07, 6.45) is 15.0. The first kappa shape index (κ1) is 19.2. The first-order valence-electron chi connectivity index (χ1n) is 6.95. The van der Waals surface area contributed by atoms with E-state index in [9.17, 15) is 4.79 Å². The number of carbonyl (C=O) groups excluding carboxylic acids is 1. The highest BCUT2D eigenvalue weighted by Gasteiger charge is 1.96. The van der Waals surface area contributed by atoms with Crippen LogP contribution in [0, 0.1) is 0 Å². The maximum atomic E-state index is 10.5. The Morgan fingerprint density at radius 3 is 1.47 bits per heavy atom. The largest absolute Gasteiger partial charge is 0.281 e. The third-order valence-electron chi connectivity index (χ3n) is 2.98. The molecular weight excluding hydrogens is 239 g/mol. The van der Waals surface area contributed by atoms with Gasteiger partial charge >= 0.3 is 0 Å². The Kier molecular flexibility index (Phi) is 18.0. The molecule has 0 N–H and O–H groups in total. The predicted molar refractivity (Wildman–Crippen MR) is 74.4 cm³/mol. The summed E-state index contributed by atoms with van der Waals surface area (Å²) in [6, 6.07) is 0. The van der Waals surface area contributed by atoms with Gasteiger partial charge in [-0.15, -0.1) is 0 Å². The fourth-order valence-corrected chi connectivity index (χ4v) is 2.06. The van der Waals surface area contributed by atoms with Gasteiger partial charge in [0.2, 0.25) is 5.24 Å². The first-order valence-corrected chi connectivity index (χ1v) is 7.33. The van der Waals surface area contributed by atoms with Crippen LogP contribution in [-0.2, 0) is 4.79 Å². The molecule has 104 valence electrons. The lowest BCUT2D eigenvalue weighted by Crippen LogP contribution is -1.86. The summed E-state index contributed by atoms with van der Waals surface area (Å²) in [4.78, 5) is 10.5. The van der Waals surface area contributed by atoms with Crippen molar-refractivity contribution in [2.75, 3.05) is 0 Å². The van der Waals surface area contributed by atoms with Gasteiger partial charge in [0.25, 0.3) is 0 Å². The van der Waals surface area contributed by atoms with Crippen LogP contribution in [0.5, 0.6) is 0 Å². The van der Waals surface area contributed by atoms with Crippen molar-refractivity contribution < 1.29 is 9.50 Å². The highest BCUT2D eigenvalue weighted by Crippen LogP contribution is 2.12. The SMILES string of the molecule is CCCCCCCCCCCCCC(=O)Cl.F. The molecule has 0 amide bonds. The molecular formula is C14H28ClFO. The molecule has 17 heavy (non-hydrogen) atoms. The lowest BCUT2D eigenvalue weighted by atomic mass is 10.1. The second-order valence-corrected chi connectivity index (χ2v) is 5.06. The third kappa shape index (κ3) is 18.5. The van der Waals surface area contributed by atoms with Crippen LogP contribution in [0.2, 0.25) is 0 Å². The maximum Gasteiger partial charge on any atom is 0.221 e. The zero-order chi connectivity index (χ0) is 12.1. The molecule has 0 unspecified atom stereocenters. The van der Waals surface area contributed by atoms with E-state index in [4.69, 9.17) is 11.6 Å². The summed E-state index contributed by atoms with van der Waals surface area (Å²) >= 11 is 5.26. The molecule has 0 aliphatic rings. The van der Waals surface area contributed by atoms with Crippen molar-refractivity contribution in [3.8, 4) is 0 Å². The fourth-order valence-electron chi connectivity index (χ4n) is 1.93. The molecule has 0 saturated heterocycles. The van der Waals surface area contributed by atoms with Crippen molar-refractivity contribution in [1.82, 2.24) is 0 Å². The monoisotopic (exact) mass is 266 g/mol. The molecule has 0 heterocycles. The molecule has 0 rings (SSSR count). The lowest BCUT2D eigenvalue weighted by molar-refractivity contribution is -0.111. The van der Waals surface area contributed by atoms with Gasteiger partial charge in [-0.1, -0.05) is 71.1 Å². The maximum absolute atomic E-state index is 10.5. The van der Waals surface area contributed by atoms with E-state index in [0.717, 1.165) is 12.8 Å². The Morgan fingerprint density at radius 2 is 1.12 bits per heavy atom. The summed E-state index contributed by atoms with van der Waals surface area (Å²) in [5.74, 6) is 0. The number of halogens is 2. The predicted octanol–water partition coefficient (Wildman–Crippen LogP) is 5.61. The Balaban J connectivity index is 0. The average Bonchev–Trinajstić information content (AvgIpc) is 2.25. The van der Waals surface area contributed by atoms with Gasteiger partial charge in [0.15, 0.2) is 0 Å². The zero-order valence-corrected chi connectivity index (χ0v) is 11.9. The quantitative estimate of drug-likeness (QED) is 0.332. The molecule has 0 fully saturated rings. The molecule has 0 saturated carbocycles. The van der Waals surface area contributed by atoms with Crippen molar-refractivity contribution in [2.45, 2.75) is 84.0 Å². The molecule has 0 aromatic rings. The van der Waals surface area contributed by atoms with Crippen LogP contribution in [0.4, 0.5) is 4.70 Å². The third-order valence-corrected chi connectivity index (χ3v) is 3.17. The number of carbonyl (C=O) groups is 1. The molecule has 0 atom stereocenters. The van der Waals surface area contributed by atoms with Crippen LogP contribution in [0.1, 0.15) is 84.0 Å². The molecule has 0 bridgehead atoms. The first-order chi connectivity index (χ1) is 7.77. The van der Waals surface area contributed by atoms with Gasteiger partial charge < -0.3 is 0 Å². The lowest BCUT2D eigenvalue weighted by Gasteiger charge is -2.01. The van der Waals surface area contributed by atoms with Crippen molar-refractivity contribution in [2.24, 2.45) is 0 Å². The van der Waals surface area contributed by atoms with E-state index in [1.54, 1.807) is 0 Å². The average molecular weight is 267 g/mol. The Hall–Kier alpha value is -0.110. The second kappa shape index (κ2) is 15.9. The van der Waals surface area contributed by atoms with E-state index < -0.39 is 0 Å². The Bertz CT molecular complexity index is 162. The number of rotatable bonds is 12. The minimum absolute atomic E-state index is 0. The van der Waals surface area contributed by atoms with E-state index in [0.29, 0.717) is 6.42 Å². The summed E-state index contributed by atoms with van der Waals surface area (Å²) in [5.41, 5.74) is 0. The van der Waals surface area contributed by atoms with Crippen LogP contribution in [-0.4, -0.2) is 5.24 Å². The van der Waals surface area contributed by atoms with Crippen LogP contribution in [0.15, 0.2) is 0 Å². The van der Waals surface area contributed by atoms with Crippen LogP contribution < -0.4 is 0 Å². The van der Waals surface area contributed by atoms with Gasteiger partial charge in [0.1, 0.15) is 0 Å². The smallest absolute Gasteiger partial charge is 0.221 e. The minimum atomic E-state index is -0.184. The van der Waals surface area contributed by atoms with Crippen LogP contribution >= 0.6 is 11.6 Å². The molecule has 0 spiro atoms. The second-order valence-electron chi connectivity index (χ2n) is 4.64. The molecule has 0 aromatic heterocycles. The van der Waals surface area contributed by atoms with Crippen molar-refractivity contribution >= 4 is 16.8 Å². The number of hydrogen-bond acceptors (Lipinski definition) is 1. The zero-order valence-electron chi connectivity index (χ0n) is 11.2. The molecule has 0 aliphatic heterocycles. The topological polar surface area (TPSA) is 17.1 Å². The molecule has 0 radical (unpaired) electrons. The number of unbranched alkanes of at least 4 members (excludes halogenated alkanes) is 10. The molecule has 0 aromatic carbocycles. The summed E-state index contributed by atoms with van der Waals surface area (Å²) in [6.45, 7) is 2.26. The van der Waals surface area contributed by atoms with Crippen LogP contribution in [0.25, 0.3) is 0 Å². The highest BCUT2D eigenvalue weighted by molar-refractivity contribution is 6.63. The van der Waals surface area contributed by atoms with E-state index in [2.05, 4.69) is 6.92 Å². The summed E-state index contributed by atoms with van der Waals surface area (Å²) in [7, 11) is 0. The van der Waals surface area contributed by atoms with Crippen molar-refractivity contribution in [3.05, 3.63) is 0 Å². The molecule has 3 heteroatoms. The highest BCUT2D eigenvalue weighted by atomic mass is 35.5. The van der Waals surface area contributed by atoms with Crippen molar-refractivity contribution in [1.29, 1.82) is 0 Å². The molecule has 0 aliphatic carbocycles. The van der Waals surface area contributed by atoms with E-state index >= 15 is 0 Å². The fraction of sp³-hybridized carbons (Fsp3) is 0.929. The minimum Gasteiger partial charge on any atom is -0.281 e. The summed E-state index contributed by atoms with van der Waals surface area (Å²) in [5, 5.41) is -0.184.